The van der Waals surface area contributed by atoms with Gasteiger partial charge in [0.15, 0.2) is 0 Å². The van der Waals surface area contributed by atoms with Gasteiger partial charge in [-0.05, 0) is 20.8 Å². The molecule has 0 radical (unpaired) electrons. The average Bonchev–Trinajstić information content (AvgIpc) is 2.73. The first-order valence-electron chi connectivity index (χ1n) is 6.24. The van der Waals surface area contributed by atoms with Gasteiger partial charge in [-0.2, -0.15) is 5.10 Å². The van der Waals surface area contributed by atoms with Crippen LogP contribution in [0.15, 0.2) is 6.20 Å². The van der Waals surface area contributed by atoms with Gasteiger partial charge in [0.1, 0.15) is 11.4 Å². The highest BCUT2D eigenvalue weighted by Crippen LogP contribution is 2.28. The topological polar surface area (TPSA) is 93.5 Å². The number of nitrogens with zero attached hydrogens (tertiary/aromatic N) is 2. The second-order valence-corrected chi connectivity index (χ2v) is 5.50. The lowest BCUT2D eigenvalue weighted by molar-refractivity contribution is -0.0329. The lowest BCUT2D eigenvalue weighted by Gasteiger charge is -2.36. The van der Waals surface area contributed by atoms with Crippen LogP contribution in [0.5, 0.6) is 0 Å². The van der Waals surface area contributed by atoms with Crippen LogP contribution in [0.2, 0.25) is 0 Å². The van der Waals surface area contributed by atoms with Crippen LogP contribution in [0, 0.1) is 0 Å². The van der Waals surface area contributed by atoms with E-state index < -0.39 is 5.60 Å². The van der Waals surface area contributed by atoms with E-state index in [1.807, 2.05) is 20.8 Å². The molecule has 1 amide bonds. The first-order chi connectivity index (χ1) is 8.88. The third-order valence-electron chi connectivity index (χ3n) is 2.82. The van der Waals surface area contributed by atoms with Gasteiger partial charge in [-0.3, -0.25) is 10.00 Å². The van der Waals surface area contributed by atoms with E-state index in [9.17, 15) is 4.79 Å². The first-order valence-corrected chi connectivity index (χ1v) is 6.24. The summed E-state index contributed by atoms with van der Waals surface area (Å²) in [4.78, 5) is 13.8. The fourth-order valence-corrected chi connectivity index (χ4v) is 1.97. The number of rotatable bonds is 1. The summed E-state index contributed by atoms with van der Waals surface area (Å²) in [5.74, 6) is 0.448. The van der Waals surface area contributed by atoms with Crippen LogP contribution in [0.4, 0.5) is 10.6 Å². The average molecular weight is 268 g/mol. The van der Waals surface area contributed by atoms with Crippen molar-refractivity contribution in [3.8, 4) is 0 Å². The number of carbonyl (C=O) groups is 1. The maximum Gasteiger partial charge on any atom is 0.410 e. The predicted molar refractivity (Wildman–Crippen MR) is 69.5 cm³/mol. The number of hydrogen-bond acceptors (Lipinski definition) is 5. The molecule has 7 nitrogen and oxygen atoms in total. The molecule has 0 saturated carbocycles. The fourth-order valence-electron chi connectivity index (χ4n) is 1.97. The van der Waals surface area contributed by atoms with E-state index in [2.05, 4.69) is 10.2 Å². The summed E-state index contributed by atoms with van der Waals surface area (Å²) < 4.78 is 10.8. The minimum atomic E-state index is -0.526. The Kier molecular flexibility index (Phi) is 3.66. The van der Waals surface area contributed by atoms with E-state index in [1.54, 1.807) is 11.1 Å². The molecule has 1 unspecified atom stereocenters. The van der Waals surface area contributed by atoms with Crippen LogP contribution in [0.3, 0.4) is 0 Å². The molecule has 1 aromatic heterocycles. The van der Waals surface area contributed by atoms with Crippen molar-refractivity contribution < 1.29 is 14.3 Å². The van der Waals surface area contributed by atoms with Crippen LogP contribution in [0.1, 0.15) is 32.4 Å². The van der Waals surface area contributed by atoms with Crippen molar-refractivity contribution in [3.05, 3.63) is 11.8 Å². The smallest absolute Gasteiger partial charge is 0.410 e. The summed E-state index contributed by atoms with van der Waals surface area (Å²) in [6.07, 6.45) is 1.26. The van der Waals surface area contributed by atoms with Crippen LogP contribution in [-0.2, 0) is 9.47 Å². The molecule has 3 N–H and O–H groups in total. The SMILES string of the molecule is CC(C)(C)OC(=O)N1CCOCC1c1cn[nH]c1N. The Morgan fingerprint density at radius 1 is 1.63 bits per heavy atom. The molecule has 0 aromatic carbocycles. The molecule has 2 rings (SSSR count). The lowest BCUT2D eigenvalue weighted by Crippen LogP contribution is -2.45. The second kappa shape index (κ2) is 5.08. The van der Waals surface area contributed by atoms with E-state index in [0.717, 1.165) is 5.56 Å². The summed E-state index contributed by atoms with van der Waals surface area (Å²) >= 11 is 0. The molecule has 2 heterocycles. The van der Waals surface area contributed by atoms with Crippen LogP contribution >= 0.6 is 0 Å². The van der Waals surface area contributed by atoms with Gasteiger partial charge < -0.3 is 15.2 Å². The third-order valence-corrected chi connectivity index (χ3v) is 2.82. The molecule has 1 atom stereocenters. The highest BCUT2D eigenvalue weighted by Gasteiger charge is 2.33. The van der Waals surface area contributed by atoms with Crippen molar-refractivity contribution in [2.45, 2.75) is 32.4 Å². The van der Waals surface area contributed by atoms with Gasteiger partial charge in [0.25, 0.3) is 0 Å². The fraction of sp³-hybridized carbons (Fsp3) is 0.667. The number of aromatic nitrogens is 2. The minimum Gasteiger partial charge on any atom is -0.444 e. The lowest BCUT2D eigenvalue weighted by atomic mass is 10.1. The number of anilines is 1. The van der Waals surface area contributed by atoms with Crippen molar-refractivity contribution in [1.82, 2.24) is 15.1 Å². The van der Waals surface area contributed by atoms with E-state index >= 15 is 0 Å². The van der Waals surface area contributed by atoms with Crippen molar-refractivity contribution in [2.75, 3.05) is 25.5 Å². The second-order valence-electron chi connectivity index (χ2n) is 5.50. The summed E-state index contributed by atoms with van der Waals surface area (Å²) in [7, 11) is 0. The number of aromatic amines is 1. The highest BCUT2D eigenvalue weighted by molar-refractivity contribution is 5.69. The zero-order valence-corrected chi connectivity index (χ0v) is 11.5. The predicted octanol–water partition coefficient (Wildman–Crippen LogP) is 1.30. The standard InChI is InChI=1S/C12H20N4O3/c1-12(2,3)19-11(17)16-4-5-18-7-9(16)8-6-14-15-10(8)13/h6,9H,4-5,7H2,1-3H3,(H3,13,14,15). The van der Waals surface area contributed by atoms with Gasteiger partial charge in [0.05, 0.1) is 25.5 Å². The molecule has 1 saturated heterocycles. The normalized spacial score (nSPS) is 20.4. The van der Waals surface area contributed by atoms with Crippen LogP contribution in [0.25, 0.3) is 0 Å². The monoisotopic (exact) mass is 268 g/mol. The van der Waals surface area contributed by atoms with Gasteiger partial charge in [0, 0.05) is 12.1 Å². The summed E-state index contributed by atoms with van der Waals surface area (Å²) in [5.41, 5.74) is 6.04. The molecule has 1 aromatic rings. The maximum atomic E-state index is 12.2. The Bertz CT molecular complexity index is 452. The molecule has 1 fully saturated rings. The zero-order chi connectivity index (χ0) is 14.0. The molecule has 1 aliphatic rings. The molecule has 19 heavy (non-hydrogen) atoms. The van der Waals surface area contributed by atoms with E-state index in [-0.39, 0.29) is 12.1 Å². The quantitative estimate of drug-likeness (QED) is 0.800. The van der Waals surface area contributed by atoms with Crippen LogP contribution in [-0.4, -0.2) is 46.6 Å². The van der Waals surface area contributed by atoms with Crippen molar-refractivity contribution in [3.63, 3.8) is 0 Å². The number of nitrogens with one attached hydrogen (secondary N) is 1. The number of H-pyrrole nitrogens is 1. The number of nitrogens with two attached hydrogens (primary N) is 1. The Morgan fingerprint density at radius 3 is 2.95 bits per heavy atom. The van der Waals surface area contributed by atoms with Crippen molar-refractivity contribution in [2.24, 2.45) is 0 Å². The summed E-state index contributed by atoms with van der Waals surface area (Å²) in [5, 5.41) is 6.55. The molecular formula is C12H20N4O3. The number of carbonyl (C=O) groups excluding carboxylic acids is 1. The van der Waals surface area contributed by atoms with Gasteiger partial charge in [-0.1, -0.05) is 0 Å². The van der Waals surface area contributed by atoms with Gasteiger partial charge >= 0.3 is 6.09 Å². The van der Waals surface area contributed by atoms with E-state index in [4.69, 9.17) is 15.2 Å². The van der Waals surface area contributed by atoms with E-state index in [0.29, 0.717) is 25.6 Å². The zero-order valence-electron chi connectivity index (χ0n) is 11.5. The molecule has 0 spiro atoms. The molecule has 1 aliphatic heterocycles. The van der Waals surface area contributed by atoms with Gasteiger partial charge in [0.2, 0.25) is 0 Å². The Morgan fingerprint density at radius 2 is 2.37 bits per heavy atom. The van der Waals surface area contributed by atoms with Crippen molar-refractivity contribution >= 4 is 11.9 Å². The first kappa shape index (κ1) is 13.7. The third kappa shape index (κ3) is 3.17. The maximum absolute atomic E-state index is 12.2. The Balaban J connectivity index is 2.17. The minimum absolute atomic E-state index is 0.262. The molecule has 0 bridgehead atoms. The van der Waals surface area contributed by atoms with Crippen molar-refractivity contribution in [1.29, 1.82) is 0 Å². The summed E-state index contributed by atoms with van der Waals surface area (Å²) in [6.45, 7) is 6.88. The Hall–Kier alpha value is -1.76. The number of hydrogen-bond donors (Lipinski definition) is 2. The largest absolute Gasteiger partial charge is 0.444 e. The van der Waals surface area contributed by atoms with E-state index in [1.165, 1.54) is 0 Å². The summed E-state index contributed by atoms with van der Waals surface area (Å²) in [6, 6.07) is -0.262. The molecular weight excluding hydrogens is 248 g/mol. The molecule has 7 heteroatoms. The number of ether oxygens (including phenoxy) is 2. The number of morpholine rings is 1. The number of nitrogen functional groups attached to an aromatic ring is 1. The van der Waals surface area contributed by atoms with Gasteiger partial charge in [-0.25, -0.2) is 4.79 Å². The number of amides is 1. The molecule has 0 aliphatic carbocycles. The Labute approximate surface area is 112 Å². The molecule has 106 valence electrons. The highest BCUT2D eigenvalue weighted by atomic mass is 16.6. The van der Waals surface area contributed by atoms with Crippen LogP contribution < -0.4 is 5.73 Å². The van der Waals surface area contributed by atoms with Gasteiger partial charge in [-0.15, -0.1) is 0 Å².